The number of amides is 1. The molecule has 17 heavy (non-hydrogen) atoms. The van der Waals surface area contributed by atoms with Crippen molar-refractivity contribution < 1.29 is 9.90 Å². The molecule has 92 valence electrons. The van der Waals surface area contributed by atoms with Gasteiger partial charge in [0.15, 0.2) is 0 Å². The van der Waals surface area contributed by atoms with Crippen molar-refractivity contribution in [1.82, 2.24) is 9.88 Å². The Morgan fingerprint density at radius 1 is 1.41 bits per heavy atom. The monoisotopic (exact) mass is 234 g/mol. The highest BCUT2D eigenvalue weighted by atomic mass is 16.3. The zero-order chi connectivity index (χ0) is 12.3. The maximum atomic E-state index is 12.1. The summed E-state index contributed by atoms with van der Waals surface area (Å²) in [6.07, 6.45) is 6.89. The van der Waals surface area contributed by atoms with Gasteiger partial charge in [0.05, 0.1) is 5.60 Å². The molecule has 1 amide bonds. The van der Waals surface area contributed by atoms with Gasteiger partial charge in [-0.2, -0.15) is 0 Å². The van der Waals surface area contributed by atoms with Crippen LogP contribution in [-0.2, 0) is 0 Å². The second kappa shape index (κ2) is 4.84. The van der Waals surface area contributed by atoms with Gasteiger partial charge in [-0.3, -0.25) is 9.78 Å². The molecule has 1 saturated carbocycles. The Morgan fingerprint density at radius 3 is 2.59 bits per heavy atom. The molecule has 4 heteroatoms. The highest BCUT2D eigenvalue weighted by Crippen LogP contribution is 2.30. The summed E-state index contributed by atoms with van der Waals surface area (Å²) in [7, 11) is 1.74. The lowest BCUT2D eigenvalue weighted by Gasteiger charge is -2.28. The molecule has 0 saturated heterocycles. The molecule has 4 nitrogen and oxygen atoms in total. The molecule has 0 aliphatic heterocycles. The Labute approximate surface area is 101 Å². The number of rotatable bonds is 3. The van der Waals surface area contributed by atoms with E-state index in [9.17, 15) is 9.90 Å². The van der Waals surface area contributed by atoms with Gasteiger partial charge < -0.3 is 10.0 Å². The lowest BCUT2D eigenvalue weighted by molar-refractivity contribution is 0.0157. The number of likely N-dealkylation sites (N-methyl/N-ethyl adjacent to an activating group) is 1. The topological polar surface area (TPSA) is 53.4 Å². The van der Waals surface area contributed by atoms with E-state index < -0.39 is 5.60 Å². The smallest absolute Gasteiger partial charge is 0.253 e. The highest BCUT2D eigenvalue weighted by molar-refractivity contribution is 5.93. The van der Waals surface area contributed by atoms with Crippen LogP contribution in [-0.4, -0.2) is 40.1 Å². The van der Waals surface area contributed by atoms with E-state index in [1.54, 1.807) is 36.5 Å². The van der Waals surface area contributed by atoms with Crippen LogP contribution in [0.4, 0.5) is 0 Å². The lowest BCUT2D eigenvalue weighted by atomic mass is 10.0. The molecule has 1 heterocycles. The number of carbonyl (C=O) groups excluding carboxylic acids is 1. The molecule has 1 aliphatic rings. The first-order valence-corrected chi connectivity index (χ1v) is 5.99. The first-order valence-electron chi connectivity index (χ1n) is 5.99. The molecule has 1 fully saturated rings. The van der Waals surface area contributed by atoms with E-state index in [4.69, 9.17) is 0 Å². The maximum Gasteiger partial charge on any atom is 0.253 e. The first kappa shape index (κ1) is 12.0. The molecule has 1 aliphatic carbocycles. The molecule has 0 spiro atoms. The van der Waals surface area contributed by atoms with E-state index in [1.807, 2.05) is 0 Å². The molecule has 1 aromatic heterocycles. The molecule has 0 aromatic carbocycles. The van der Waals surface area contributed by atoms with Crippen molar-refractivity contribution >= 4 is 5.91 Å². The van der Waals surface area contributed by atoms with Crippen molar-refractivity contribution in [3.8, 4) is 0 Å². The number of aliphatic hydroxyl groups is 1. The van der Waals surface area contributed by atoms with Crippen LogP contribution in [0, 0.1) is 0 Å². The van der Waals surface area contributed by atoms with Crippen LogP contribution >= 0.6 is 0 Å². The summed E-state index contributed by atoms with van der Waals surface area (Å²) in [6.45, 7) is 0.411. The van der Waals surface area contributed by atoms with Crippen LogP contribution in [0.15, 0.2) is 24.5 Å². The summed E-state index contributed by atoms with van der Waals surface area (Å²) in [6, 6.07) is 3.38. The fraction of sp³-hybridized carbons (Fsp3) is 0.538. The second-order valence-corrected chi connectivity index (χ2v) is 4.83. The molecule has 1 N–H and O–H groups in total. The number of carbonyl (C=O) groups is 1. The zero-order valence-corrected chi connectivity index (χ0v) is 10.1. The van der Waals surface area contributed by atoms with Gasteiger partial charge in [0.1, 0.15) is 0 Å². The average Bonchev–Trinajstić information content (AvgIpc) is 2.76. The van der Waals surface area contributed by atoms with Crippen LogP contribution in [0.1, 0.15) is 36.0 Å². The average molecular weight is 234 g/mol. The number of hydrogen-bond donors (Lipinski definition) is 1. The van der Waals surface area contributed by atoms with Gasteiger partial charge in [0.2, 0.25) is 0 Å². The molecular weight excluding hydrogens is 216 g/mol. The van der Waals surface area contributed by atoms with Crippen LogP contribution in [0.3, 0.4) is 0 Å². The van der Waals surface area contributed by atoms with E-state index in [-0.39, 0.29) is 5.91 Å². The molecule has 0 unspecified atom stereocenters. The predicted molar refractivity (Wildman–Crippen MR) is 64.6 cm³/mol. The van der Waals surface area contributed by atoms with E-state index in [2.05, 4.69) is 4.98 Å². The minimum absolute atomic E-state index is 0.0623. The highest BCUT2D eigenvalue weighted by Gasteiger charge is 2.33. The number of pyridine rings is 1. The maximum absolute atomic E-state index is 12.1. The van der Waals surface area contributed by atoms with Crippen molar-refractivity contribution in [3.05, 3.63) is 30.1 Å². The Balaban J connectivity index is 2.00. The summed E-state index contributed by atoms with van der Waals surface area (Å²) in [4.78, 5) is 17.5. The van der Waals surface area contributed by atoms with Crippen molar-refractivity contribution in [3.63, 3.8) is 0 Å². The molecule has 0 bridgehead atoms. The summed E-state index contributed by atoms with van der Waals surface area (Å²) in [5.41, 5.74) is -0.0682. The van der Waals surface area contributed by atoms with Gasteiger partial charge >= 0.3 is 0 Å². The standard InChI is InChI=1S/C13H18N2O2/c1-15(10-13(17)6-2-3-7-13)12(16)11-4-8-14-9-5-11/h4-5,8-9,17H,2-3,6-7,10H2,1H3. The van der Waals surface area contributed by atoms with Crippen molar-refractivity contribution in [2.24, 2.45) is 0 Å². The fourth-order valence-electron chi connectivity index (χ4n) is 2.42. The Kier molecular flexibility index (Phi) is 3.43. The molecule has 0 atom stereocenters. The zero-order valence-electron chi connectivity index (χ0n) is 10.1. The van der Waals surface area contributed by atoms with Gasteiger partial charge in [-0.1, -0.05) is 12.8 Å². The minimum atomic E-state index is -0.683. The number of hydrogen-bond acceptors (Lipinski definition) is 3. The van der Waals surface area contributed by atoms with Crippen LogP contribution in [0.2, 0.25) is 0 Å². The Hall–Kier alpha value is -1.42. The molecule has 1 aromatic rings. The van der Waals surface area contributed by atoms with Crippen molar-refractivity contribution in [1.29, 1.82) is 0 Å². The van der Waals surface area contributed by atoms with E-state index in [1.165, 1.54) is 0 Å². The minimum Gasteiger partial charge on any atom is -0.388 e. The fourth-order valence-corrected chi connectivity index (χ4v) is 2.42. The summed E-state index contributed by atoms with van der Waals surface area (Å²) in [5.74, 6) is -0.0623. The first-order chi connectivity index (χ1) is 8.11. The number of aromatic nitrogens is 1. The van der Waals surface area contributed by atoms with Crippen molar-refractivity contribution in [2.75, 3.05) is 13.6 Å². The van der Waals surface area contributed by atoms with Gasteiger partial charge in [0.25, 0.3) is 5.91 Å². The van der Waals surface area contributed by atoms with Gasteiger partial charge in [0, 0.05) is 31.5 Å². The predicted octanol–water partition coefficient (Wildman–Crippen LogP) is 1.46. The Morgan fingerprint density at radius 2 is 2.00 bits per heavy atom. The third kappa shape index (κ3) is 2.82. The van der Waals surface area contributed by atoms with E-state index in [0.717, 1.165) is 25.7 Å². The third-order valence-electron chi connectivity index (χ3n) is 3.34. The summed E-state index contributed by atoms with van der Waals surface area (Å²) in [5, 5.41) is 10.3. The lowest BCUT2D eigenvalue weighted by Crippen LogP contribution is -2.42. The second-order valence-electron chi connectivity index (χ2n) is 4.83. The van der Waals surface area contributed by atoms with Crippen LogP contribution in [0.25, 0.3) is 0 Å². The van der Waals surface area contributed by atoms with Gasteiger partial charge in [-0.05, 0) is 25.0 Å². The van der Waals surface area contributed by atoms with E-state index in [0.29, 0.717) is 12.1 Å². The van der Waals surface area contributed by atoms with Gasteiger partial charge in [-0.25, -0.2) is 0 Å². The van der Waals surface area contributed by atoms with Crippen LogP contribution in [0.5, 0.6) is 0 Å². The summed E-state index contributed by atoms with van der Waals surface area (Å²) < 4.78 is 0. The molecule has 2 rings (SSSR count). The van der Waals surface area contributed by atoms with Gasteiger partial charge in [-0.15, -0.1) is 0 Å². The largest absolute Gasteiger partial charge is 0.388 e. The Bertz CT molecular complexity index is 386. The third-order valence-corrected chi connectivity index (χ3v) is 3.34. The SMILES string of the molecule is CN(CC1(O)CCCC1)C(=O)c1ccncc1. The quantitative estimate of drug-likeness (QED) is 0.861. The molecule has 0 radical (unpaired) electrons. The van der Waals surface area contributed by atoms with Crippen molar-refractivity contribution in [2.45, 2.75) is 31.3 Å². The van der Waals surface area contributed by atoms with Crippen LogP contribution < -0.4 is 0 Å². The summed E-state index contributed by atoms with van der Waals surface area (Å²) >= 11 is 0. The number of nitrogens with zero attached hydrogens (tertiary/aromatic N) is 2. The molecular formula is C13H18N2O2. The van der Waals surface area contributed by atoms with E-state index >= 15 is 0 Å². The normalized spacial score (nSPS) is 18.0.